The summed E-state index contributed by atoms with van der Waals surface area (Å²) in [5.41, 5.74) is 2.63. The van der Waals surface area contributed by atoms with Gasteiger partial charge in [0.25, 0.3) is 0 Å². The van der Waals surface area contributed by atoms with E-state index >= 15 is 0 Å². The van der Waals surface area contributed by atoms with Gasteiger partial charge < -0.3 is 4.74 Å². The summed E-state index contributed by atoms with van der Waals surface area (Å²) >= 11 is 9.97. The second kappa shape index (κ2) is 5.29. The van der Waals surface area contributed by atoms with Crippen molar-refractivity contribution in [1.29, 1.82) is 0 Å². The van der Waals surface area contributed by atoms with Crippen molar-refractivity contribution in [2.45, 2.75) is 32.8 Å². The van der Waals surface area contributed by atoms with E-state index in [1.807, 2.05) is 6.07 Å². The number of rotatable bonds is 3. The van der Waals surface area contributed by atoms with E-state index in [1.54, 1.807) is 0 Å². The molecule has 1 fully saturated rings. The van der Waals surface area contributed by atoms with Crippen molar-refractivity contribution in [2.24, 2.45) is 5.41 Å². The number of hydrogen-bond acceptors (Lipinski definition) is 1. The fourth-order valence-electron chi connectivity index (χ4n) is 2.45. The van der Waals surface area contributed by atoms with Gasteiger partial charge in [-0.15, -0.1) is 0 Å². The Hall–Kier alpha value is -0.0500. The Bertz CT molecular complexity index is 407. The third-order valence-corrected chi connectivity index (χ3v) is 5.32. The van der Waals surface area contributed by atoms with Crippen molar-refractivity contribution in [3.63, 3.8) is 0 Å². The topological polar surface area (TPSA) is 9.23 Å². The van der Waals surface area contributed by atoms with E-state index < -0.39 is 0 Å². The van der Waals surface area contributed by atoms with Gasteiger partial charge in [-0.1, -0.05) is 39.7 Å². The van der Waals surface area contributed by atoms with E-state index in [1.165, 1.54) is 11.1 Å². The Labute approximate surface area is 117 Å². The molecule has 2 rings (SSSR count). The van der Waals surface area contributed by atoms with Gasteiger partial charge in [-0.2, -0.15) is 0 Å². The maximum absolute atomic E-state index is 6.32. The third-order valence-electron chi connectivity index (χ3n) is 3.85. The number of benzene rings is 1. The molecule has 0 aromatic heterocycles. The number of ether oxygens (including phenoxy) is 1. The quantitative estimate of drug-likeness (QED) is 0.752. The summed E-state index contributed by atoms with van der Waals surface area (Å²) in [6, 6.07) is 6.32. The van der Waals surface area contributed by atoms with Crippen LogP contribution in [-0.2, 0) is 11.2 Å². The average molecular weight is 318 g/mol. The highest BCUT2D eigenvalue weighted by Gasteiger charge is 2.40. The molecule has 0 aliphatic carbocycles. The molecule has 1 aliphatic heterocycles. The maximum Gasteiger partial charge on any atom is 0.0615 e. The van der Waals surface area contributed by atoms with Crippen LogP contribution in [0, 0.1) is 12.3 Å². The molecular weight excluding hydrogens is 300 g/mol. The van der Waals surface area contributed by atoms with Crippen LogP contribution in [0.15, 0.2) is 18.2 Å². The molecule has 0 bridgehead atoms. The zero-order valence-corrected chi connectivity index (χ0v) is 12.6. The summed E-state index contributed by atoms with van der Waals surface area (Å²) < 4.78 is 5.72. The number of hydrogen-bond donors (Lipinski definition) is 0. The van der Waals surface area contributed by atoms with Crippen molar-refractivity contribution in [3.05, 3.63) is 34.3 Å². The van der Waals surface area contributed by atoms with Crippen molar-refractivity contribution in [1.82, 2.24) is 0 Å². The first-order valence-corrected chi connectivity index (χ1v) is 7.50. The molecule has 1 nitrogen and oxygen atoms in total. The molecule has 1 aromatic carbocycles. The summed E-state index contributed by atoms with van der Waals surface area (Å²) in [6.45, 7) is 5.09. The van der Waals surface area contributed by atoms with E-state index in [0.717, 1.165) is 29.8 Å². The Morgan fingerprint density at radius 2 is 2.29 bits per heavy atom. The summed E-state index contributed by atoms with van der Waals surface area (Å²) in [5, 5.41) is 1.84. The van der Waals surface area contributed by atoms with Gasteiger partial charge >= 0.3 is 0 Å². The second-order valence-corrected chi connectivity index (χ2v) is 6.00. The normalized spacial score (nSPS) is 28.6. The number of halogens is 2. The molecule has 2 unspecified atom stereocenters. The van der Waals surface area contributed by atoms with Crippen LogP contribution in [-0.4, -0.2) is 18.0 Å². The first kappa shape index (κ1) is 13.4. The van der Waals surface area contributed by atoms with Crippen LogP contribution in [0.2, 0.25) is 5.02 Å². The minimum Gasteiger partial charge on any atom is -0.378 e. The molecule has 0 N–H and O–H groups in total. The van der Waals surface area contributed by atoms with Crippen molar-refractivity contribution in [2.75, 3.05) is 11.9 Å². The molecule has 1 saturated heterocycles. The zero-order valence-electron chi connectivity index (χ0n) is 10.3. The largest absolute Gasteiger partial charge is 0.378 e. The molecule has 0 amide bonds. The van der Waals surface area contributed by atoms with E-state index in [9.17, 15) is 0 Å². The van der Waals surface area contributed by atoms with Crippen LogP contribution in [0.1, 0.15) is 24.5 Å². The lowest BCUT2D eigenvalue weighted by molar-refractivity contribution is 0.0746. The maximum atomic E-state index is 6.32. The average Bonchev–Trinajstić information content (AvgIpc) is 2.65. The first-order chi connectivity index (χ1) is 8.07. The van der Waals surface area contributed by atoms with Crippen molar-refractivity contribution in [3.8, 4) is 0 Å². The number of alkyl halides is 1. The van der Waals surface area contributed by atoms with Crippen LogP contribution >= 0.6 is 27.5 Å². The van der Waals surface area contributed by atoms with Gasteiger partial charge in [0.1, 0.15) is 0 Å². The second-order valence-electron chi connectivity index (χ2n) is 5.03. The molecule has 2 atom stereocenters. The van der Waals surface area contributed by atoms with Crippen molar-refractivity contribution >= 4 is 27.5 Å². The fourth-order valence-corrected chi connectivity index (χ4v) is 3.69. The highest BCUT2D eigenvalue weighted by molar-refractivity contribution is 9.09. The zero-order chi connectivity index (χ0) is 12.5. The molecule has 3 heteroatoms. The molecule has 0 spiro atoms. The predicted molar refractivity (Wildman–Crippen MR) is 76.2 cm³/mol. The van der Waals surface area contributed by atoms with Crippen LogP contribution in [0.3, 0.4) is 0 Å². The third kappa shape index (κ3) is 2.69. The lowest BCUT2D eigenvalue weighted by Crippen LogP contribution is -2.33. The molecular formula is C14H18BrClO. The fraction of sp³-hybridized carbons (Fsp3) is 0.571. The highest BCUT2D eigenvalue weighted by atomic mass is 79.9. The Kier molecular flexibility index (Phi) is 4.17. The monoisotopic (exact) mass is 316 g/mol. The predicted octanol–water partition coefficient (Wildman–Crippen LogP) is 4.38. The molecule has 0 radical (unpaired) electrons. The van der Waals surface area contributed by atoms with Crippen LogP contribution in [0.4, 0.5) is 0 Å². The lowest BCUT2D eigenvalue weighted by Gasteiger charge is -2.30. The highest BCUT2D eigenvalue weighted by Crippen LogP contribution is 2.41. The molecule has 94 valence electrons. The van der Waals surface area contributed by atoms with Crippen molar-refractivity contribution < 1.29 is 4.74 Å². The number of aryl methyl sites for hydroxylation is 1. The standard InChI is InChI=1S/C14H18BrClO/c1-10-3-4-12(13(16)7-10)8-14(9-15)5-6-17-11(14)2/h3-4,7,11H,5-6,8-9H2,1-2H3. The summed E-state index contributed by atoms with van der Waals surface area (Å²) in [4.78, 5) is 0. The molecule has 0 saturated carbocycles. The molecule has 1 aromatic rings. The van der Waals surface area contributed by atoms with E-state index in [0.29, 0.717) is 6.10 Å². The first-order valence-electron chi connectivity index (χ1n) is 6.00. The lowest BCUT2D eigenvalue weighted by atomic mass is 9.78. The Morgan fingerprint density at radius 1 is 1.53 bits per heavy atom. The summed E-state index contributed by atoms with van der Waals surface area (Å²) in [7, 11) is 0. The van der Waals surface area contributed by atoms with E-state index in [2.05, 4.69) is 41.9 Å². The smallest absolute Gasteiger partial charge is 0.0615 e. The Morgan fingerprint density at radius 3 is 2.82 bits per heavy atom. The van der Waals surface area contributed by atoms with E-state index in [-0.39, 0.29) is 5.41 Å². The molecule has 1 aliphatic rings. The minimum absolute atomic E-state index is 0.193. The van der Waals surface area contributed by atoms with Crippen LogP contribution < -0.4 is 0 Å². The minimum atomic E-state index is 0.193. The Balaban J connectivity index is 2.24. The van der Waals surface area contributed by atoms with Crippen LogP contribution in [0.25, 0.3) is 0 Å². The van der Waals surface area contributed by atoms with Gasteiger partial charge in [-0.25, -0.2) is 0 Å². The van der Waals surface area contributed by atoms with Gasteiger partial charge in [-0.05, 0) is 43.9 Å². The van der Waals surface area contributed by atoms with E-state index in [4.69, 9.17) is 16.3 Å². The van der Waals surface area contributed by atoms with Gasteiger partial charge in [0, 0.05) is 22.4 Å². The summed E-state index contributed by atoms with van der Waals surface area (Å²) in [5.74, 6) is 0. The summed E-state index contributed by atoms with van der Waals surface area (Å²) in [6.07, 6.45) is 2.38. The molecule has 17 heavy (non-hydrogen) atoms. The molecule has 1 heterocycles. The van der Waals surface area contributed by atoms with Gasteiger partial charge in [0.05, 0.1) is 6.10 Å². The van der Waals surface area contributed by atoms with Gasteiger partial charge in [0.2, 0.25) is 0 Å². The van der Waals surface area contributed by atoms with Gasteiger partial charge in [-0.3, -0.25) is 0 Å². The van der Waals surface area contributed by atoms with Crippen LogP contribution in [0.5, 0.6) is 0 Å². The van der Waals surface area contributed by atoms with Gasteiger partial charge in [0.15, 0.2) is 0 Å². The SMILES string of the molecule is Cc1ccc(CC2(CBr)CCOC2C)c(Cl)c1.